The molecule has 0 N–H and O–H groups in total. The van der Waals surface area contributed by atoms with E-state index in [2.05, 4.69) is 6.07 Å². The molecule has 14 aromatic rings. The van der Waals surface area contributed by atoms with E-state index in [-0.39, 0.29) is 102 Å². The Kier molecular flexibility index (Phi) is 17.2. The van der Waals surface area contributed by atoms with E-state index in [1.807, 2.05) is 0 Å². The van der Waals surface area contributed by atoms with Gasteiger partial charge in [0.2, 0.25) is 0 Å². The Bertz CT molecular complexity index is 5390. The molecular formula is C78H36F24N6. The SMILES string of the molecule is N#Cc1c(-n2c3ccc(-c4ccc(C(F)(F)F)cc4C(F)(F)F)cc3c3cc(-c4ccc(C(F)(F)F)cc4C(F)(F)F)ccc32)cc(-c2nc(-c3ccccc3)nc(-c3ccccc3)n2)cc1-n1c2ccc(-c3ccc(C(F)(F)F)cc3C(F)(F)F)cc2c2cc(-c3ccc(C(F)(F)F)cc3C(F)(F)F)ccc21. The molecule has 30 heteroatoms. The molecule has 0 radical (unpaired) electrons. The summed E-state index contributed by atoms with van der Waals surface area (Å²) < 4.78 is 353. The first-order chi connectivity index (χ1) is 50.5. The van der Waals surface area contributed by atoms with Crippen molar-refractivity contribution < 1.29 is 105 Å². The normalized spacial score (nSPS) is 13.0. The van der Waals surface area contributed by atoms with Gasteiger partial charge in [0.15, 0.2) is 17.5 Å². The number of alkyl halides is 24. The highest BCUT2D eigenvalue weighted by atomic mass is 19.4. The van der Waals surface area contributed by atoms with Crippen LogP contribution < -0.4 is 0 Å². The molecule has 0 aliphatic rings. The van der Waals surface area contributed by atoms with Gasteiger partial charge in [-0.05, 0) is 154 Å². The smallest absolute Gasteiger partial charge is 0.308 e. The van der Waals surface area contributed by atoms with E-state index in [0.717, 1.165) is 72.8 Å². The Morgan fingerprint density at radius 2 is 0.481 bits per heavy atom. The number of rotatable bonds is 9. The third kappa shape index (κ3) is 13.4. The van der Waals surface area contributed by atoms with Gasteiger partial charge in [-0.3, -0.25) is 0 Å². The monoisotopic (exact) mass is 1510 g/mol. The van der Waals surface area contributed by atoms with Crippen molar-refractivity contribution in [3.63, 3.8) is 0 Å². The molecule has 0 bridgehead atoms. The van der Waals surface area contributed by atoms with Crippen LogP contribution in [0.1, 0.15) is 50.1 Å². The quantitative estimate of drug-likeness (QED) is 0.135. The zero-order valence-corrected chi connectivity index (χ0v) is 53.5. The van der Waals surface area contributed by atoms with Crippen molar-refractivity contribution in [2.75, 3.05) is 0 Å². The molecule has 0 amide bonds. The van der Waals surface area contributed by atoms with Crippen LogP contribution in [-0.4, -0.2) is 24.1 Å². The van der Waals surface area contributed by atoms with Gasteiger partial charge in [-0.1, -0.05) is 109 Å². The molecule has 0 fully saturated rings. The van der Waals surface area contributed by atoms with Gasteiger partial charge >= 0.3 is 49.4 Å². The average molecular weight is 1510 g/mol. The lowest BCUT2D eigenvalue weighted by molar-refractivity contribution is -0.144. The van der Waals surface area contributed by atoms with E-state index in [4.69, 9.17) is 15.0 Å². The van der Waals surface area contributed by atoms with E-state index in [0.29, 0.717) is 59.7 Å². The number of fused-ring (bicyclic) bond motifs is 6. The van der Waals surface area contributed by atoms with E-state index in [1.165, 1.54) is 21.3 Å². The third-order valence-electron chi connectivity index (χ3n) is 18.0. The Hall–Kier alpha value is -12.2. The van der Waals surface area contributed by atoms with Gasteiger partial charge < -0.3 is 9.13 Å². The predicted molar refractivity (Wildman–Crippen MR) is 351 cm³/mol. The lowest BCUT2D eigenvalue weighted by atomic mass is 9.94. The van der Waals surface area contributed by atoms with E-state index in [9.17, 15) is 57.9 Å². The number of nitrogens with zero attached hydrogens (tertiary/aromatic N) is 6. The molecule has 108 heavy (non-hydrogen) atoms. The van der Waals surface area contributed by atoms with Gasteiger partial charge in [-0.25, -0.2) is 15.0 Å². The fourth-order valence-electron chi connectivity index (χ4n) is 13.2. The van der Waals surface area contributed by atoms with Crippen LogP contribution >= 0.6 is 0 Å². The third-order valence-corrected chi connectivity index (χ3v) is 18.0. The van der Waals surface area contributed by atoms with Crippen molar-refractivity contribution in [1.82, 2.24) is 24.1 Å². The minimum atomic E-state index is -5.52. The number of halogens is 24. The second kappa shape index (κ2) is 25.5. The number of nitriles is 1. The van der Waals surface area contributed by atoms with Gasteiger partial charge in [0.1, 0.15) is 11.6 Å². The summed E-state index contributed by atoms with van der Waals surface area (Å²) in [4.78, 5) is 14.4. The summed E-state index contributed by atoms with van der Waals surface area (Å²) in [5, 5.41) is 11.0. The first kappa shape index (κ1) is 72.8. The summed E-state index contributed by atoms with van der Waals surface area (Å²) in [5.41, 5.74) is -21.0. The Balaban J connectivity index is 1.13. The first-order valence-electron chi connectivity index (χ1n) is 31.3. The van der Waals surface area contributed by atoms with Crippen LogP contribution in [0.15, 0.2) is 218 Å². The molecule has 14 rings (SSSR count). The molecule has 6 nitrogen and oxygen atoms in total. The van der Waals surface area contributed by atoms with E-state index in [1.54, 1.807) is 60.7 Å². The molecule has 3 aromatic heterocycles. The topological polar surface area (TPSA) is 72.3 Å². The van der Waals surface area contributed by atoms with Gasteiger partial charge in [0.05, 0.1) is 77.9 Å². The van der Waals surface area contributed by atoms with Crippen molar-refractivity contribution in [3.05, 3.63) is 268 Å². The summed E-state index contributed by atoms with van der Waals surface area (Å²) in [7, 11) is 0. The van der Waals surface area contributed by atoms with Gasteiger partial charge in [-0.15, -0.1) is 0 Å². The fourth-order valence-corrected chi connectivity index (χ4v) is 13.2. The van der Waals surface area contributed by atoms with Crippen LogP contribution in [0.5, 0.6) is 0 Å². The van der Waals surface area contributed by atoms with Gasteiger partial charge in [0.25, 0.3) is 0 Å². The first-order valence-corrected chi connectivity index (χ1v) is 31.3. The second-order valence-electron chi connectivity index (χ2n) is 24.7. The molecule has 0 saturated heterocycles. The zero-order valence-electron chi connectivity index (χ0n) is 53.5. The fraction of sp³-hybridized carbons (Fsp3) is 0.103. The number of hydrogen-bond acceptors (Lipinski definition) is 4. The van der Waals surface area contributed by atoms with E-state index < -0.39 is 144 Å². The Morgan fingerprint density at radius 1 is 0.241 bits per heavy atom. The second-order valence-corrected chi connectivity index (χ2v) is 24.7. The largest absolute Gasteiger partial charge is 0.417 e. The summed E-state index contributed by atoms with van der Waals surface area (Å²) >= 11 is 0. The summed E-state index contributed by atoms with van der Waals surface area (Å²) in [6, 6.07) is 36.3. The van der Waals surface area contributed by atoms with Crippen LogP contribution in [0.3, 0.4) is 0 Å². The van der Waals surface area contributed by atoms with Gasteiger partial charge in [0, 0.05) is 38.2 Å². The van der Waals surface area contributed by atoms with Crippen LogP contribution in [0.25, 0.3) is 134 Å². The number of benzene rings is 11. The maximum atomic E-state index is 15.1. The summed E-state index contributed by atoms with van der Waals surface area (Å²) in [6.45, 7) is 0. The van der Waals surface area contributed by atoms with Gasteiger partial charge in [-0.2, -0.15) is 111 Å². The highest BCUT2D eigenvalue weighted by Crippen LogP contribution is 2.51. The summed E-state index contributed by atoms with van der Waals surface area (Å²) in [5.74, 6) is -0.309. The standard InChI is InChI=1S/C78H36F24N6/c79-71(80,81)45-15-19-49(58(33-45)75(91,92)93)40-11-23-62-53(27-40)54-28-41(50-20-16-46(72(82,83)84)34-59(50)76(94,95)96)12-24-63(54)107(62)66-31-44(70-105-68(38-7-3-1-4-8-38)104-69(106-70)39-9-5-2-6-10-39)32-67(57(66)37-103)108-64-25-13-42(51-21-17-47(73(85,86)87)35-60(51)77(97,98)99)29-55(64)56-30-43(14-26-65(56)108)52-22-18-48(74(88,89)90)36-61(52)78(100,101)102/h1-36H. The lowest BCUT2D eigenvalue weighted by Gasteiger charge is -2.19. The van der Waals surface area contributed by atoms with Crippen LogP contribution in [0.2, 0.25) is 0 Å². The molecular weight excluding hydrogens is 1480 g/mol. The molecule has 0 atom stereocenters. The molecule has 11 aromatic carbocycles. The van der Waals surface area contributed by atoms with Crippen LogP contribution in [0, 0.1) is 11.3 Å². The number of hydrogen-bond donors (Lipinski definition) is 0. The molecule has 546 valence electrons. The minimum absolute atomic E-state index is 0.0215. The molecule has 0 saturated carbocycles. The van der Waals surface area contributed by atoms with Crippen molar-refractivity contribution in [2.45, 2.75) is 49.4 Å². The Morgan fingerprint density at radius 3 is 0.704 bits per heavy atom. The van der Waals surface area contributed by atoms with Crippen LogP contribution in [-0.2, 0) is 49.4 Å². The minimum Gasteiger partial charge on any atom is -0.308 e. The molecule has 3 heterocycles. The maximum Gasteiger partial charge on any atom is 0.417 e. The predicted octanol–water partition coefficient (Wildman–Crippen LogP) is 25.8. The number of aromatic nitrogens is 5. The maximum absolute atomic E-state index is 15.1. The highest BCUT2D eigenvalue weighted by Gasteiger charge is 2.43. The molecule has 0 spiro atoms. The molecule has 0 aliphatic carbocycles. The zero-order chi connectivity index (χ0) is 77.5. The van der Waals surface area contributed by atoms with Crippen molar-refractivity contribution >= 4 is 43.6 Å². The highest BCUT2D eigenvalue weighted by molar-refractivity contribution is 6.14. The molecule has 0 unspecified atom stereocenters. The van der Waals surface area contributed by atoms with E-state index >= 15 is 52.7 Å². The van der Waals surface area contributed by atoms with Crippen LogP contribution in [0.4, 0.5) is 105 Å². The molecule has 0 aliphatic heterocycles. The van der Waals surface area contributed by atoms with Crippen molar-refractivity contribution in [3.8, 4) is 96.1 Å². The lowest BCUT2D eigenvalue weighted by Crippen LogP contribution is -2.12. The van der Waals surface area contributed by atoms with Crippen molar-refractivity contribution in [1.29, 1.82) is 5.26 Å². The average Bonchev–Trinajstić information content (AvgIpc) is 1.56. The summed E-state index contributed by atoms with van der Waals surface area (Å²) in [6.07, 6.45) is -43.4. The Labute approximate surface area is 590 Å². The van der Waals surface area contributed by atoms with Crippen molar-refractivity contribution in [2.24, 2.45) is 0 Å².